The number of aryl methyl sites for hydroxylation is 1. The lowest BCUT2D eigenvalue weighted by atomic mass is 10.2. The normalized spacial score (nSPS) is 12.7. The van der Waals surface area contributed by atoms with Gasteiger partial charge in [-0.2, -0.15) is 0 Å². The van der Waals surface area contributed by atoms with Gasteiger partial charge in [-0.05, 0) is 35.6 Å². The quantitative estimate of drug-likeness (QED) is 0.606. The van der Waals surface area contributed by atoms with Crippen molar-refractivity contribution in [1.82, 2.24) is 9.97 Å². The average Bonchev–Trinajstić information content (AvgIpc) is 2.41. The Morgan fingerprint density at radius 1 is 0.842 bits per heavy atom. The lowest BCUT2D eigenvalue weighted by molar-refractivity contribution is 1.09. The van der Waals surface area contributed by atoms with Gasteiger partial charge in [-0.3, -0.25) is 4.98 Å². The molecular formula is C17H14N2. The summed E-state index contributed by atoms with van der Waals surface area (Å²) in [6, 6.07) is 14.0. The van der Waals surface area contributed by atoms with Crippen molar-refractivity contribution >= 4 is 24.1 Å². The predicted octanol–water partition coefficient (Wildman–Crippen LogP) is 2.05. The Morgan fingerprint density at radius 2 is 1.58 bits per heavy atom. The third-order valence-corrected chi connectivity index (χ3v) is 3.15. The second-order valence-corrected chi connectivity index (χ2v) is 4.65. The average molecular weight is 246 g/mol. The van der Waals surface area contributed by atoms with Gasteiger partial charge in [0, 0.05) is 11.1 Å². The summed E-state index contributed by atoms with van der Waals surface area (Å²) >= 11 is 0. The number of hydrogen-bond donors (Lipinski definition) is 0. The van der Waals surface area contributed by atoms with Crippen molar-refractivity contribution in [2.45, 2.75) is 6.92 Å². The minimum absolute atomic E-state index is 0.812. The summed E-state index contributed by atoms with van der Waals surface area (Å²) in [5.41, 5.74) is 1.91. The first-order chi connectivity index (χ1) is 9.15. The van der Waals surface area contributed by atoms with Gasteiger partial charge in [0.15, 0.2) is 0 Å². The van der Waals surface area contributed by atoms with Crippen LogP contribution < -0.4 is 10.4 Å². The number of nitrogens with zero attached hydrogens (tertiary/aromatic N) is 2. The van der Waals surface area contributed by atoms with Crippen molar-refractivity contribution < 1.29 is 0 Å². The molecule has 0 unspecified atom stereocenters. The second-order valence-electron chi connectivity index (χ2n) is 4.65. The topological polar surface area (TPSA) is 25.8 Å². The van der Waals surface area contributed by atoms with E-state index in [9.17, 15) is 0 Å². The maximum absolute atomic E-state index is 4.68. The van der Waals surface area contributed by atoms with Crippen molar-refractivity contribution in [2.24, 2.45) is 0 Å². The summed E-state index contributed by atoms with van der Waals surface area (Å²) < 4.78 is 0. The van der Waals surface area contributed by atoms with E-state index in [1.807, 2.05) is 49.4 Å². The van der Waals surface area contributed by atoms with Gasteiger partial charge in [0.2, 0.25) is 0 Å². The minimum atomic E-state index is 0.812. The molecule has 0 radical (unpaired) electrons. The van der Waals surface area contributed by atoms with Crippen molar-refractivity contribution in [3.05, 3.63) is 69.3 Å². The van der Waals surface area contributed by atoms with Crippen molar-refractivity contribution in [2.75, 3.05) is 0 Å². The smallest absolute Gasteiger partial charge is 0.0966 e. The van der Waals surface area contributed by atoms with Gasteiger partial charge in [0.25, 0.3) is 0 Å². The number of hydrogen-bond acceptors (Lipinski definition) is 2. The molecule has 92 valence electrons. The van der Waals surface area contributed by atoms with E-state index in [0.29, 0.717) is 0 Å². The fraction of sp³-hybridized carbons (Fsp3) is 0.0588. The molecule has 0 bridgehead atoms. The fourth-order valence-corrected chi connectivity index (χ4v) is 2.16. The number of rotatable bonds is 0. The molecule has 2 heteroatoms. The van der Waals surface area contributed by atoms with Crippen LogP contribution >= 0.6 is 0 Å². The van der Waals surface area contributed by atoms with Gasteiger partial charge >= 0.3 is 0 Å². The fourth-order valence-electron chi connectivity index (χ4n) is 2.16. The van der Waals surface area contributed by atoms with Crippen LogP contribution in [0.1, 0.15) is 5.69 Å². The summed E-state index contributed by atoms with van der Waals surface area (Å²) in [5.74, 6) is 0. The van der Waals surface area contributed by atoms with Crippen LogP contribution in [0.5, 0.6) is 0 Å². The summed E-state index contributed by atoms with van der Waals surface area (Å²) in [4.78, 5) is 9.23. The molecule has 0 aliphatic heterocycles. The molecule has 0 atom stereocenters. The zero-order chi connectivity index (χ0) is 13.4. The standard InChI is InChI=1S/C17H14N2/c1-11-8-9-13(3)18-16(11)17-12(2)10-14-6-4-5-7-15(14)19-17/h4-10H,1-2H2,3H3/b17-16-. The molecular weight excluding hydrogens is 232 g/mol. The molecule has 0 amide bonds. The molecule has 3 aromatic rings. The summed E-state index contributed by atoms with van der Waals surface area (Å²) in [5, 5.41) is 4.47. The molecule has 0 saturated heterocycles. The third-order valence-electron chi connectivity index (χ3n) is 3.15. The van der Waals surface area contributed by atoms with E-state index < -0.39 is 0 Å². The van der Waals surface area contributed by atoms with Crippen molar-refractivity contribution in [1.29, 1.82) is 0 Å². The number of benzene rings is 1. The van der Waals surface area contributed by atoms with Gasteiger partial charge in [0.1, 0.15) is 0 Å². The van der Waals surface area contributed by atoms with E-state index in [2.05, 4.69) is 23.1 Å². The highest BCUT2D eigenvalue weighted by Gasteiger charge is 1.97. The molecule has 0 aliphatic rings. The first-order valence-electron chi connectivity index (χ1n) is 6.17. The molecule has 0 saturated carbocycles. The number of aromatic nitrogens is 2. The van der Waals surface area contributed by atoms with Crippen LogP contribution in [0.3, 0.4) is 0 Å². The Labute approximate surface area is 111 Å². The van der Waals surface area contributed by atoms with Crippen LogP contribution in [-0.4, -0.2) is 9.97 Å². The highest BCUT2D eigenvalue weighted by Crippen LogP contribution is 2.07. The van der Waals surface area contributed by atoms with Crippen LogP contribution in [-0.2, 0) is 0 Å². The molecule has 2 nitrogen and oxygen atoms in total. The molecule has 2 heterocycles. The molecule has 3 rings (SSSR count). The number of fused-ring (bicyclic) bond motifs is 1. The molecule has 0 N–H and O–H groups in total. The van der Waals surface area contributed by atoms with E-state index in [1.165, 1.54) is 0 Å². The maximum atomic E-state index is 4.68. The van der Waals surface area contributed by atoms with Crippen molar-refractivity contribution in [3.8, 4) is 0 Å². The highest BCUT2D eigenvalue weighted by molar-refractivity contribution is 5.78. The Balaban J connectivity index is 2.63. The van der Waals surface area contributed by atoms with Crippen LogP contribution in [0.4, 0.5) is 0 Å². The van der Waals surface area contributed by atoms with Crippen LogP contribution in [0.25, 0.3) is 24.1 Å². The lowest BCUT2D eigenvalue weighted by Crippen LogP contribution is -2.11. The zero-order valence-electron chi connectivity index (χ0n) is 10.9. The Morgan fingerprint density at radius 3 is 2.42 bits per heavy atom. The van der Waals surface area contributed by atoms with Gasteiger partial charge < -0.3 is 0 Å². The minimum Gasteiger partial charge on any atom is -0.251 e. The molecule has 2 aromatic heterocycles. The van der Waals surface area contributed by atoms with E-state index in [4.69, 9.17) is 0 Å². The van der Waals surface area contributed by atoms with Crippen LogP contribution in [0.15, 0.2) is 42.5 Å². The summed E-state index contributed by atoms with van der Waals surface area (Å²) in [6.45, 7) is 10.1. The molecule has 0 fully saturated rings. The Hall–Kier alpha value is -2.48. The second kappa shape index (κ2) is 4.32. The van der Waals surface area contributed by atoms with Gasteiger partial charge in [-0.25, -0.2) is 4.98 Å². The first-order valence-corrected chi connectivity index (χ1v) is 6.17. The lowest BCUT2D eigenvalue weighted by Gasteiger charge is -1.98. The SMILES string of the molecule is C=c1ccc(C)n/c1=c1\nc2ccccc2cc1=C. The number of para-hydroxylation sites is 1. The Bertz CT molecular complexity index is 959. The predicted molar refractivity (Wildman–Crippen MR) is 78.7 cm³/mol. The monoisotopic (exact) mass is 246 g/mol. The molecule has 0 spiro atoms. The maximum Gasteiger partial charge on any atom is 0.0966 e. The van der Waals surface area contributed by atoms with E-state index in [-0.39, 0.29) is 0 Å². The zero-order valence-corrected chi connectivity index (χ0v) is 10.9. The van der Waals surface area contributed by atoms with Gasteiger partial charge in [-0.15, -0.1) is 0 Å². The van der Waals surface area contributed by atoms with Crippen LogP contribution in [0.2, 0.25) is 0 Å². The van der Waals surface area contributed by atoms with E-state index in [0.717, 1.165) is 37.7 Å². The molecule has 19 heavy (non-hydrogen) atoms. The third kappa shape index (κ3) is 2.02. The van der Waals surface area contributed by atoms with Gasteiger partial charge in [0.05, 0.1) is 16.2 Å². The first kappa shape index (κ1) is 11.6. The molecule has 1 aromatic carbocycles. The highest BCUT2D eigenvalue weighted by atomic mass is 14.7. The summed E-state index contributed by atoms with van der Waals surface area (Å²) in [7, 11) is 0. The largest absolute Gasteiger partial charge is 0.251 e. The van der Waals surface area contributed by atoms with Gasteiger partial charge in [-0.1, -0.05) is 37.4 Å². The van der Waals surface area contributed by atoms with E-state index in [1.54, 1.807) is 0 Å². The van der Waals surface area contributed by atoms with Crippen molar-refractivity contribution in [3.63, 3.8) is 0 Å². The summed E-state index contributed by atoms with van der Waals surface area (Å²) in [6.07, 6.45) is 0. The van der Waals surface area contributed by atoms with E-state index >= 15 is 0 Å². The van der Waals surface area contributed by atoms with Crippen LogP contribution in [0, 0.1) is 17.6 Å². The molecule has 0 aliphatic carbocycles. The number of pyridine rings is 2. The Kier molecular flexibility index (Phi) is 2.64.